The summed E-state index contributed by atoms with van der Waals surface area (Å²) in [6, 6.07) is 7.25. The Balaban J connectivity index is 1.52. The van der Waals surface area contributed by atoms with Crippen molar-refractivity contribution < 1.29 is 24.5 Å². The largest absolute Gasteiger partial charge is 0.490 e. The quantitative estimate of drug-likeness (QED) is 0.714. The van der Waals surface area contributed by atoms with E-state index in [1.54, 1.807) is 12.1 Å². The van der Waals surface area contributed by atoms with Gasteiger partial charge in [-0.25, -0.2) is 4.79 Å². The van der Waals surface area contributed by atoms with Crippen LogP contribution in [0.4, 0.5) is 0 Å². The number of hydrogen-bond acceptors (Lipinski definition) is 6. The summed E-state index contributed by atoms with van der Waals surface area (Å²) in [5.74, 6) is -0.792. The van der Waals surface area contributed by atoms with Gasteiger partial charge in [0.05, 0.1) is 26.0 Å². The van der Waals surface area contributed by atoms with E-state index < -0.39 is 12.1 Å². The highest BCUT2D eigenvalue weighted by molar-refractivity contribution is 5.72. The molecule has 1 aliphatic rings. The minimum absolute atomic E-state index is 0.284. The van der Waals surface area contributed by atoms with Gasteiger partial charge in [0.15, 0.2) is 6.10 Å². The molecule has 8 nitrogen and oxygen atoms in total. The zero-order valence-electron chi connectivity index (χ0n) is 14.5. The number of aromatic nitrogens is 2. The second-order valence-corrected chi connectivity index (χ2v) is 6.14. The molecule has 0 radical (unpaired) electrons. The third-order valence-corrected chi connectivity index (χ3v) is 4.26. The third-order valence-electron chi connectivity index (χ3n) is 4.26. The Morgan fingerprint density at radius 1 is 1.19 bits per heavy atom. The van der Waals surface area contributed by atoms with E-state index in [-0.39, 0.29) is 6.61 Å². The highest BCUT2D eigenvalue weighted by Crippen LogP contribution is 2.22. The van der Waals surface area contributed by atoms with Crippen LogP contribution in [-0.2, 0) is 16.1 Å². The van der Waals surface area contributed by atoms with E-state index in [1.807, 2.05) is 29.2 Å². The molecule has 1 aromatic carbocycles. The van der Waals surface area contributed by atoms with Crippen molar-refractivity contribution in [2.24, 2.45) is 0 Å². The molecule has 1 unspecified atom stereocenters. The molecule has 1 saturated heterocycles. The van der Waals surface area contributed by atoms with Gasteiger partial charge in [0.1, 0.15) is 12.4 Å². The summed E-state index contributed by atoms with van der Waals surface area (Å²) < 4.78 is 12.5. The zero-order valence-corrected chi connectivity index (χ0v) is 14.5. The lowest BCUT2D eigenvalue weighted by Crippen LogP contribution is -2.38. The van der Waals surface area contributed by atoms with Crippen molar-refractivity contribution in [1.82, 2.24) is 14.7 Å². The van der Waals surface area contributed by atoms with Crippen molar-refractivity contribution in [3.63, 3.8) is 0 Å². The summed E-state index contributed by atoms with van der Waals surface area (Å²) in [7, 11) is 0. The molecule has 0 spiro atoms. The summed E-state index contributed by atoms with van der Waals surface area (Å²) in [4.78, 5) is 12.9. The summed E-state index contributed by atoms with van der Waals surface area (Å²) in [6.07, 6.45) is 2.30. The summed E-state index contributed by atoms with van der Waals surface area (Å²) in [5, 5.41) is 22.3. The number of aliphatic hydroxyl groups excluding tert-OH is 1. The Morgan fingerprint density at radius 3 is 2.62 bits per heavy atom. The Morgan fingerprint density at radius 2 is 1.92 bits per heavy atom. The molecule has 1 aliphatic heterocycles. The van der Waals surface area contributed by atoms with E-state index in [1.165, 1.54) is 0 Å². The van der Waals surface area contributed by atoms with Crippen molar-refractivity contribution >= 4 is 5.97 Å². The molecule has 26 heavy (non-hydrogen) atoms. The lowest BCUT2D eigenvalue weighted by Gasteiger charge is -2.26. The van der Waals surface area contributed by atoms with Gasteiger partial charge in [-0.2, -0.15) is 5.10 Å². The molecule has 1 aromatic heterocycles. The van der Waals surface area contributed by atoms with Gasteiger partial charge in [0.25, 0.3) is 0 Å². The normalized spacial score (nSPS) is 16.3. The molecule has 1 atom stereocenters. The fourth-order valence-corrected chi connectivity index (χ4v) is 2.69. The molecule has 2 aromatic rings. The molecule has 0 amide bonds. The molecule has 1 fully saturated rings. The molecule has 3 rings (SSSR count). The van der Waals surface area contributed by atoms with E-state index in [9.17, 15) is 9.90 Å². The Kier molecular flexibility index (Phi) is 6.21. The molecular weight excluding hydrogens is 338 g/mol. The maximum absolute atomic E-state index is 10.6. The standard InChI is InChI=1S/C18H23N3O5/c22-17(18(23)24)13-26-16-3-1-14(2-4-16)15-11-19-21(12-15)6-5-20-7-9-25-10-8-20/h1-4,11-12,17,22H,5-10,13H2,(H,23,24). The number of rotatable bonds is 8. The van der Waals surface area contributed by atoms with Crippen LogP contribution in [0.2, 0.25) is 0 Å². The van der Waals surface area contributed by atoms with Gasteiger partial charge in [-0.15, -0.1) is 0 Å². The van der Waals surface area contributed by atoms with Gasteiger partial charge >= 0.3 is 5.97 Å². The second-order valence-electron chi connectivity index (χ2n) is 6.14. The average Bonchev–Trinajstić information content (AvgIpc) is 3.14. The van der Waals surface area contributed by atoms with Crippen LogP contribution in [0.5, 0.6) is 5.75 Å². The molecule has 0 saturated carbocycles. The first-order valence-corrected chi connectivity index (χ1v) is 8.58. The zero-order chi connectivity index (χ0) is 18.4. The number of ether oxygens (including phenoxy) is 2. The van der Waals surface area contributed by atoms with Gasteiger partial charge in [-0.3, -0.25) is 9.58 Å². The van der Waals surface area contributed by atoms with Gasteiger partial charge in [-0.05, 0) is 17.7 Å². The lowest BCUT2D eigenvalue weighted by molar-refractivity contribution is -0.148. The highest BCUT2D eigenvalue weighted by atomic mass is 16.5. The van der Waals surface area contributed by atoms with Crippen molar-refractivity contribution in [1.29, 1.82) is 0 Å². The molecule has 0 bridgehead atoms. The summed E-state index contributed by atoms with van der Waals surface area (Å²) in [5.41, 5.74) is 2.00. The molecule has 8 heteroatoms. The van der Waals surface area contributed by atoms with Crippen LogP contribution in [0.15, 0.2) is 36.7 Å². The number of carbonyl (C=O) groups is 1. The first kappa shape index (κ1) is 18.4. The van der Waals surface area contributed by atoms with Crippen LogP contribution in [0, 0.1) is 0 Å². The van der Waals surface area contributed by atoms with Crippen molar-refractivity contribution in [2.75, 3.05) is 39.5 Å². The lowest BCUT2D eigenvalue weighted by atomic mass is 10.1. The monoisotopic (exact) mass is 361 g/mol. The van der Waals surface area contributed by atoms with Gasteiger partial charge < -0.3 is 19.7 Å². The maximum atomic E-state index is 10.6. The van der Waals surface area contributed by atoms with Crippen LogP contribution in [-0.4, -0.2) is 76.4 Å². The van der Waals surface area contributed by atoms with Gasteiger partial charge in [0.2, 0.25) is 0 Å². The minimum atomic E-state index is -1.53. The second kappa shape index (κ2) is 8.79. The molecule has 0 aliphatic carbocycles. The van der Waals surface area contributed by atoms with Gasteiger partial charge in [0, 0.05) is 31.4 Å². The van der Waals surface area contributed by atoms with E-state index in [2.05, 4.69) is 10.00 Å². The number of carboxylic acid groups (broad SMARTS) is 1. The van der Waals surface area contributed by atoms with E-state index >= 15 is 0 Å². The number of aliphatic carboxylic acids is 1. The average molecular weight is 361 g/mol. The number of morpholine rings is 1. The number of carboxylic acids is 1. The van der Waals surface area contributed by atoms with E-state index in [0.29, 0.717) is 5.75 Å². The van der Waals surface area contributed by atoms with Crippen LogP contribution in [0.1, 0.15) is 0 Å². The van der Waals surface area contributed by atoms with Crippen molar-refractivity contribution in [3.8, 4) is 16.9 Å². The highest BCUT2D eigenvalue weighted by Gasteiger charge is 2.14. The minimum Gasteiger partial charge on any atom is -0.490 e. The number of benzene rings is 1. The molecular formula is C18H23N3O5. The molecule has 2 heterocycles. The van der Waals surface area contributed by atoms with Gasteiger partial charge in [-0.1, -0.05) is 12.1 Å². The predicted octanol–water partition coefficient (Wildman–Crippen LogP) is 0.707. The number of aliphatic hydroxyl groups is 1. The number of hydrogen-bond donors (Lipinski definition) is 2. The first-order chi connectivity index (χ1) is 12.6. The maximum Gasteiger partial charge on any atom is 0.336 e. The van der Waals surface area contributed by atoms with Crippen molar-refractivity contribution in [2.45, 2.75) is 12.6 Å². The van der Waals surface area contributed by atoms with Crippen LogP contribution in [0.3, 0.4) is 0 Å². The SMILES string of the molecule is O=C(O)C(O)COc1ccc(-c2cnn(CCN3CCOCC3)c2)cc1. The van der Waals surface area contributed by atoms with E-state index in [0.717, 1.165) is 50.5 Å². The van der Waals surface area contributed by atoms with Crippen LogP contribution >= 0.6 is 0 Å². The number of nitrogens with zero attached hydrogens (tertiary/aromatic N) is 3. The van der Waals surface area contributed by atoms with E-state index in [4.69, 9.17) is 14.6 Å². The summed E-state index contributed by atoms with van der Waals surface area (Å²) in [6.45, 7) is 5.01. The molecule has 140 valence electrons. The fourth-order valence-electron chi connectivity index (χ4n) is 2.69. The van der Waals surface area contributed by atoms with Crippen LogP contribution < -0.4 is 4.74 Å². The Hall–Kier alpha value is -2.42. The Bertz CT molecular complexity index is 710. The predicted molar refractivity (Wildman–Crippen MR) is 94.1 cm³/mol. The van der Waals surface area contributed by atoms with Crippen LogP contribution in [0.25, 0.3) is 11.1 Å². The smallest absolute Gasteiger partial charge is 0.336 e. The van der Waals surface area contributed by atoms with Crippen molar-refractivity contribution in [3.05, 3.63) is 36.7 Å². The molecule has 2 N–H and O–H groups in total. The first-order valence-electron chi connectivity index (χ1n) is 8.58. The topological polar surface area (TPSA) is 97.1 Å². The third kappa shape index (κ3) is 5.04. The Labute approximate surface area is 151 Å². The fraction of sp³-hybridized carbons (Fsp3) is 0.444. The summed E-state index contributed by atoms with van der Waals surface area (Å²) >= 11 is 0.